The lowest BCUT2D eigenvalue weighted by Gasteiger charge is -2.10. The lowest BCUT2D eigenvalue weighted by atomic mass is 10.1. The van der Waals surface area contributed by atoms with Gasteiger partial charge in [-0.05, 0) is 12.5 Å². The first-order chi connectivity index (χ1) is 13.3. The van der Waals surface area contributed by atoms with E-state index in [0.29, 0.717) is 0 Å². The Hall–Kier alpha value is -3.24. The van der Waals surface area contributed by atoms with Gasteiger partial charge < -0.3 is 20.0 Å². The number of hydrogen-bond donors (Lipinski definition) is 2. The van der Waals surface area contributed by atoms with Gasteiger partial charge in [0.2, 0.25) is 5.82 Å². The number of alkyl halides is 4. The maximum Gasteiger partial charge on any atom is 0.471 e. The molecular weight excluding hydrogens is 384 g/mol. The highest BCUT2D eigenvalue weighted by Crippen LogP contribution is 2.29. The van der Waals surface area contributed by atoms with Gasteiger partial charge >= 0.3 is 18.0 Å². The molecule has 0 spiro atoms. The highest BCUT2D eigenvalue weighted by Gasteiger charge is 2.38. The molecule has 0 aliphatic rings. The van der Waals surface area contributed by atoms with Crippen molar-refractivity contribution in [2.45, 2.75) is 19.3 Å². The Morgan fingerprint density at radius 3 is 2.57 bits per heavy atom. The largest absolute Gasteiger partial charge is 0.471 e. The Bertz CT molecular complexity index is 847. The molecule has 150 valence electrons. The van der Waals surface area contributed by atoms with Gasteiger partial charge in [-0.15, -0.1) is 0 Å². The van der Waals surface area contributed by atoms with Gasteiger partial charge in [-0.1, -0.05) is 29.4 Å². The molecule has 28 heavy (non-hydrogen) atoms. The van der Waals surface area contributed by atoms with Crippen molar-refractivity contribution in [2.24, 2.45) is 0 Å². The number of ether oxygens (including phenoxy) is 1. The maximum absolute atomic E-state index is 14.3. The molecule has 2 N–H and O–H groups in total. The van der Waals surface area contributed by atoms with Crippen LogP contribution in [0.3, 0.4) is 0 Å². The Balaban J connectivity index is 2.00. The molecule has 1 aromatic carbocycles. The summed E-state index contributed by atoms with van der Waals surface area (Å²) in [6, 6.07) is 5.48. The van der Waals surface area contributed by atoms with E-state index in [0.717, 1.165) is 6.21 Å². The van der Waals surface area contributed by atoms with Gasteiger partial charge in [-0.25, -0.2) is 9.18 Å². The summed E-state index contributed by atoms with van der Waals surface area (Å²) in [5, 5.41) is 13.0. The minimum absolute atomic E-state index is 0.0676. The van der Waals surface area contributed by atoms with Crippen molar-refractivity contribution < 1.29 is 31.6 Å². The fourth-order valence-corrected chi connectivity index (χ4v) is 2.06. The molecule has 0 aliphatic heterocycles. The molecule has 7 nitrogen and oxygen atoms in total. The topological polar surface area (TPSA) is 101 Å². The number of rotatable bonds is 8. The van der Waals surface area contributed by atoms with Crippen LogP contribution < -0.4 is 5.32 Å². The van der Waals surface area contributed by atoms with E-state index in [1.54, 1.807) is 6.92 Å². The van der Waals surface area contributed by atoms with Gasteiger partial charge in [0.15, 0.2) is 0 Å². The lowest BCUT2D eigenvalue weighted by molar-refractivity contribution is -0.159. The van der Waals surface area contributed by atoms with Crippen LogP contribution in [0.15, 0.2) is 40.6 Å². The van der Waals surface area contributed by atoms with Crippen LogP contribution in [0.4, 0.5) is 17.6 Å². The molecule has 0 saturated heterocycles. The van der Waals surface area contributed by atoms with Crippen LogP contribution >= 0.6 is 0 Å². The van der Waals surface area contributed by atoms with Gasteiger partial charge in [-0.2, -0.15) is 18.2 Å². The number of carbonyl (C=O) groups is 1. The van der Waals surface area contributed by atoms with Crippen LogP contribution in [0, 0.1) is 5.41 Å². The molecule has 11 heteroatoms. The smallest absolute Gasteiger partial charge is 0.462 e. The zero-order valence-corrected chi connectivity index (χ0v) is 14.6. The van der Waals surface area contributed by atoms with E-state index < -0.39 is 24.2 Å². The number of benzene rings is 1. The predicted octanol–water partition coefficient (Wildman–Crippen LogP) is 3.45. The number of carbonyl (C=O) groups excluding carboxylic acids is 1. The second-order valence-electron chi connectivity index (χ2n) is 5.38. The van der Waals surface area contributed by atoms with Crippen LogP contribution in [-0.2, 0) is 15.7 Å². The minimum atomic E-state index is -4.74. The molecular formula is C17H16F4N4O3. The molecule has 0 aliphatic carbocycles. The molecule has 1 heterocycles. The summed E-state index contributed by atoms with van der Waals surface area (Å²) in [5.41, 5.74) is 0.412. The van der Waals surface area contributed by atoms with Crippen molar-refractivity contribution in [3.05, 3.63) is 47.5 Å². The highest BCUT2D eigenvalue weighted by molar-refractivity contribution is 6.08. The first-order valence-corrected chi connectivity index (χ1v) is 8.02. The van der Waals surface area contributed by atoms with Crippen molar-refractivity contribution in [1.29, 1.82) is 5.41 Å². The molecule has 2 aromatic rings. The van der Waals surface area contributed by atoms with Crippen LogP contribution in [0.2, 0.25) is 0 Å². The summed E-state index contributed by atoms with van der Waals surface area (Å²) in [4.78, 5) is 14.7. The second-order valence-corrected chi connectivity index (χ2v) is 5.38. The molecule has 0 radical (unpaired) electrons. The standard InChI is InChI=1S/C17H16F4N4O3/c1-2-27-15(26)12(7-22)8-23-9-13(18)10-3-5-11(6-4-10)14-24-16(28-25-14)17(19,20)21/h3-8,13,22-23H,2,9H2,1H3/b12-8+,22-7?. The van der Waals surface area contributed by atoms with E-state index >= 15 is 0 Å². The van der Waals surface area contributed by atoms with Crippen molar-refractivity contribution in [1.82, 2.24) is 15.5 Å². The fourth-order valence-electron chi connectivity index (χ4n) is 2.06. The number of nitrogens with one attached hydrogen (secondary N) is 2. The Morgan fingerprint density at radius 1 is 1.36 bits per heavy atom. The molecule has 0 fully saturated rings. The van der Waals surface area contributed by atoms with Crippen LogP contribution in [0.5, 0.6) is 0 Å². The first-order valence-electron chi connectivity index (χ1n) is 8.02. The Morgan fingerprint density at radius 2 is 2.04 bits per heavy atom. The third kappa shape index (κ3) is 5.38. The third-order valence-corrected chi connectivity index (χ3v) is 3.42. The van der Waals surface area contributed by atoms with Crippen molar-refractivity contribution in [2.75, 3.05) is 13.2 Å². The Kier molecular flexibility index (Phi) is 6.85. The van der Waals surface area contributed by atoms with Crippen molar-refractivity contribution in [3.63, 3.8) is 0 Å². The Labute approximate surface area is 156 Å². The third-order valence-electron chi connectivity index (χ3n) is 3.42. The summed E-state index contributed by atoms with van der Waals surface area (Å²) in [5.74, 6) is -2.43. The molecule has 2 rings (SSSR count). The monoisotopic (exact) mass is 400 g/mol. The number of esters is 1. The average Bonchev–Trinajstić information content (AvgIpc) is 3.16. The van der Waals surface area contributed by atoms with Gasteiger partial charge in [0, 0.05) is 24.5 Å². The quantitative estimate of drug-likeness (QED) is 0.305. The predicted molar refractivity (Wildman–Crippen MR) is 90.1 cm³/mol. The lowest BCUT2D eigenvalue weighted by Crippen LogP contribution is -2.17. The van der Waals surface area contributed by atoms with E-state index in [4.69, 9.17) is 10.1 Å². The minimum Gasteiger partial charge on any atom is -0.462 e. The van der Waals surface area contributed by atoms with Crippen LogP contribution in [-0.4, -0.2) is 35.5 Å². The van der Waals surface area contributed by atoms with Crippen LogP contribution in [0.1, 0.15) is 24.5 Å². The molecule has 0 amide bonds. The normalized spacial score (nSPS) is 13.1. The van der Waals surface area contributed by atoms with E-state index in [-0.39, 0.29) is 35.7 Å². The van der Waals surface area contributed by atoms with Crippen molar-refractivity contribution in [3.8, 4) is 11.4 Å². The fraction of sp³-hybridized carbons (Fsp3) is 0.294. The van der Waals surface area contributed by atoms with Gasteiger partial charge in [0.1, 0.15) is 6.17 Å². The molecule has 1 unspecified atom stereocenters. The zero-order valence-electron chi connectivity index (χ0n) is 14.6. The number of nitrogens with zero attached hydrogens (tertiary/aromatic N) is 2. The molecule has 1 atom stereocenters. The van der Waals surface area contributed by atoms with E-state index in [1.807, 2.05) is 0 Å². The number of aromatic nitrogens is 2. The molecule has 1 aromatic heterocycles. The first kappa shape index (κ1) is 21.1. The van der Waals surface area contributed by atoms with Crippen molar-refractivity contribution >= 4 is 12.2 Å². The summed E-state index contributed by atoms with van der Waals surface area (Å²) < 4.78 is 60.6. The van der Waals surface area contributed by atoms with E-state index in [9.17, 15) is 22.4 Å². The SMILES string of the molecule is CCOC(=O)/C(C=N)=C/NCC(F)c1ccc(-c2noc(C(F)(F)F)n2)cc1. The van der Waals surface area contributed by atoms with Gasteiger partial charge in [-0.3, -0.25) is 0 Å². The summed E-state index contributed by atoms with van der Waals surface area (Å²) >= 11 is 0. The molecule has 0 bridgehead atoms. The number of halogens is 4. The maximum atomic E-state index is 14.3. The van der Waals surface area contributed by atoms with E-state index in [1.165, 1.54) is 30.5 Å². The average molecular weight is 400 g/mol. The van der Waals surface area contributed by atoms with Crippen LogP contribution in [0.25, 0.3) is 11.4 Å². The number of hydrogen-bond acceptors (Lipinski definition) is 7. The summed E-state index contributed by atoms with van der Waals surface area (Å²) in [6.07, 6.45) is -4.26. The van der Waals surface area contributed by atoms with E-state index in [2.05, 4.69) is 20.0 Å². The second kappa shape index (κ2) is 9.11. The highest BCUT2D eigenvalue weighted by atomic mass is 19.4. The van der Waals surface area contributed by atoms with Gasteiger partial charge in [0.05, 0.1) is 12.2 Å². The molecule has 0 saturated carbocycles. The van der Waals surface area contributed by atoms with Gasteiger partial charge in [0.25, 0.3) is 0 Å². The summed E-state index contributed by atoms with van der Waals surface area (Å²) in [7, 11) is 0. The zero-order chi connectivity index (χ0) is 20.7. The summed E-state index contributed by atoms with van der Waals surface area (Å²) in [6.45, 7) is 1.57.